The second-order valence-electron chi connectivity index (χ2n) is 3.99. The van der Waals surface area contributed by atoms with Crippen molar-refractivity contribution in [1.29, 1.82) is 0 Å². The number of hydrogen-bond donors (Lipinski definition) is 1. The summed E-state index contributed by atoms with van der Waals surface area (Å²) in [6.45, 7) is 4.68. The summed E-state index contributed by atoms with van der Waals surface area (Å²) in [7, 11) is 0. The topological polar surface area (TPSA) is 32.3 Å². The molecule has 3 heteroatoms. The third-order valence-electron chi connectivity index (χ3n) is 2.92. The minimum absolute atomic E-state index is 0.290. The zero-order chi connectivity index (χ0) is 8.55. The second-order valence-corrected chi connectivity index (χ2v) is 3.99. The lowest BCUT2D eigenvalue weighted by Gasteiger charge is -2.43. The van der Waals surface area contributed by atoms with E-state index in [1.807, 2.05) is 0 Å². The average Bonchev–Trinajstić information content (AvgIpc) is 2.01. The highest BCUT2D eigenvalue weighted by Crippen LogP contribution is 2.31. The maximum atomic E-state index is 11.4. The van der Waals surface area contributed by atoms with Crippen LogP contribution in [0.4, 0.5) is 0 Å². The molecule has 0 spiro atoms. The largest absolute Gasteiger partial charge is 0.337 e. The molecule has 1 saturated carbocycles. The third-order valence-corrected chi connectivity index (χ3v) is 2.92. The van der Waals surface area contributed by atoms with E-state index in [1.165, 1.54) is 12.8 Å². The molecule has 1 aliphatic heterocycles. The predicted octanol–water partition coefficient (Wildman–Crippen LogP) is 0.217. The Morgan fingerprint density at radius 3 is 2.83 bits per heavy atom. The fourth-order valence-corrected chi connectivity index (χ4v) is 2.12. The van der Waals surface area contributed by atoms with Gasteiger partial charge in [0.25, 0.3) is 0 Å². The van der Waals surface area contributed by atoms with Crippen LogP contribution < -0.4 is 5.32 Å². The Bertz CT molecular complexity index is 187. The van der Waals surface area contributed by atoms with E-state index in [2.05, 4.69) is 17.1 Å². The highest BCUT2D eigenvalue weighted by atomic mass is 16.2. The molecule has 1 N–H and O–H groups in total. The third kappa shape index (κ3) is 1.33. The van der Waals surface area contributed by atoms with E-state index in [0.717, 1.165) is 19.0 Å². The summed E-state index contributed by atoms with van der Waals surface area (Å²) >= 11 is 0. The Kier molecular flexibility index (Phi) is 2.05. The Hall–Kier alpha value is -0.570. The quantitative estimate of drug-likeness (QED) is 0.607. The number of hydrogen-bond acceptors (Lipinski definition) is 2. The van der Waals surface area contributed by atoms with E-state index in [-0.39, 0.29) is 5.91 Å². The van der Waals surface area contributed by atoms with Crippen molar-refractivity contribution in [3.05, 3.63) is 0 Å². The molecule has 0 aromatic rings. The zero-order valence-electron chi connectivity index (χ0n) is 7.55. The fraction of sp³-hybridized carbons (Fsp3) is 0.889. The summed E-state index contributed by atoms with van der Waals surface area (Å²) in [5.41, 5.74) is 0. The number of amides is 1. The van der Waals surface area contributed by atoms with Crippen LogP contribution in [0.25, 0.3) is 0 Å². The van der Waals surface area contributed by atoms with E-state index < -0.39 is 0 Å². The molecule has 2 fully saturated rings. The van der Waals surface area contributed by atoms with Gasteiger partial charge in [-0.2, -0.15) is 0 Å². The summed E-state index contributed by atoms with van der Waals surface area (Å²) in [4.78, 5) is 13.5. The molecule has 1 aliphatic carbocycles. The molecular weight excluding hydrogens is 152 g/mol. The maximum Gasteiger partial charge on any atom is 0.236 e. The normalized spacial score (nSPS) is 36.4. The monoisotopic (exact) mass is 168 g/mol. The number of carbonyl (C=O) groups excluding carboxylic acids is 1. The average molecular weight is 168 g/mol. The van der Waals surface area contributed by atoms with Crippen LogP contribution in [0, 0.1) is 5.92 Å². The first kappa shape index (κ1) is 8.05. The minimum atomic E-state index is 0.290. The first-order valence-electron chi connectivity index (χ1n) is 4.77. The van der Waals surface area contributed by atoms with Gasteiger partial charge in [0.15, 0.2) is 0 Å². The van der Waals surface area contributed by atoms with Crippen molar-refractivity contribution >= 4 is 5.91 Å². The van der Waals surface area contributed by atoms with Crippen LogP contribution in [-0.2, 0) is 4.79 Å². The van der Waals surface area contributed by atoms with Crippen molar-refractivity contribution < 1.29 is 4.79 Å². The van der Waals surface area contributed by atoms with Gasteiger partial charge < -0.3 is 10.2 Å². The van der Waals surface area contributed by atoms with Crippen molar-refractivity contribution in [1.82, 2.24) is 10.2 Å². The lowest BCUT2D eigenvalue weighted by molar-refractivity contribution is -0.137. The number of carbonyl (C=O) groups is 1. The van der Waals surface area contributed by atoms with E-state index >= 15 is 0 Å². The van der Waals surface area contributed by atoms with Crippen molar-refractivity contribution in [2.24, 2.45) is 5.92 Å². The van der Waals surface area contributed by atoms with E-state index in [9.17, 15) is 4.79 Å². The van der Waals surface area contributed by atoms with Gasteiger partial charge in [-0.3, -0.25) is 4.79 Å². The van der Waals surface area contributed by atoms with E-state index in [1.54, 1.807) is 0 Å². The summed E-state index contributed by atoms with van der Waals surface area (Å²) < 4.78 is 0. The fourth-order valence-electron chi connectivity index (χ4n) is 2.12. The molecule has 0 aromatic heterocycles. The van der Waals surface area contributed by atoms with Crippen molar-refractivity contribution in [2.45, 2.75) is 25.8 Å². The second kappa shape index (κ2) is 3.05. The van der Waals surface area contributed by atoms with Crippen LogP contribution in [0.5, 0.6) is 0 Å². The van der Waals surface area contributed by atoms with Gasteiger partial charge in [-0.15, -0.1) is 0 Å². The number of rotatable bonds is 1. The van der Waals surface area contributed by atoms with Crippen LogP contribution in [0.15, 0.2) is 0 Å². The molecule has 0 aromatic carbocycles. The first-order chi connectivity index (χ1) is 5.77. The van der Waals surface area contributed by atoms with Crippen molar-refractivity contribution in [3.8, 4) is 0 Å². The van der Waals surface area contributed by atoms with Gasteiger partial charge in [0.2, 0.25) is 5.91 Å². The predicted molar refractivity (Wildman–Crippen MR) is 46.8 cm³/mol. The maximum absolute atomic E-state index is 11.4. The first-order valence-corrected chi connectivity index (χ1v) is 4.77. The van der Waals surface area contributed by atoms with Crippen LogP contribution in [-0.4, -0.2) is 36.5 Å². The Labute approximate surface area is 73.1 Å². The van der Waals surface area contributed by atoms with Gasteiger partial charge in [0.1, 0.15) is 0 Å². The number of nitrogens with one attached hydrogen (secondary N) is 1. The van der Waals surface area contributed by atoms with E-state index in [0.29, 0.717) is 12.6 Å². The zero-order valence-corrected chi connectivity index (χ0v) is 7.55. The molecule has 0 unspecified atom stereocenters. The molecule has 1 saturated heterocycles. The molecular formula is C9H16N2O. The Morgan fingerprint density at radius 2 is 2.25 bits per heavy atom. The molecule has 0 bridgehead atoms. The molecule has 2 aliphatic rings. The number of nitrogens with zero attached hydrogens (tertiary/aromatic N) is 1. The molecule has 1 heterocycles. The molecule has 0 radical (unpaired) electrons. The molecule has 3 nitrogen and oxygen atoms in total. The van der Waals surface area contributed by atoms with E-state index in [4.69, 9.17) is 0 Å². The highest BCUT2D eigenvalue weighted by Gasteiger charge is 2.34. The smallest absolute Gasteiger partial charge is 0.236 e. The van der Waals surface area contributed by atoms with Gasteiger partial charge >= 0.3 is 0 Å². The summed E-state index contributed by atoms with van der Waals surface area (Å²) in [5.74, 6) is 1.12. The SMILES string of the molecule is CC1CC(N2CCNCC2=O)C1. The highest BCUT2D eigenvalue weighted by molar-refractivity contribution is 5.79. The van der Waals surface area contributed by atoms with Gasteiger partial charge in [0.05, 0.1) is 6.54 Å². The lowest BCUT2D eigenvalue weighted by atomic mass is 9.80. The van der Waals surface area contributed by atoms with Crippen molar-refractivity contribution in [3.63, 3.8) is 0 Å². The number of piperazine rings is 1. The van der Waals surface area contributed by atoms with Gasteiger partial charge in [0, 0.05) is 19.1 Å². The standard InChI is InChI=1S/C9H16N2O/c1-7-4-8(5-7)11-3-2-10-6-9(11)12/h7-8,10H,2-6H2,1H3. The Morgan fingerprint density at radius 1 is 1.50 bits per heavy atom. The molecule has 12 heavy (non-hydrogen) atoms. The minimum Gasteiger partial charge on any atom is -0.337 e. The van der Waals surface area contributed by atoms with Crippen molar-refractivity contribution in [2.75, 3.05) is 19.6 Å². The van der Waals surface area contributed by atoms with Crippen LogP contribution >= 0.6 is 0 Å². The van der Waals surface area contributed by atoms with Crippen LogP contribution in [0.1, 0.15) is 19.8 Å². The summed E-state index contributed by atoms with van der Waals surface area (Å²) in [5, 5.41) is 3.09. The van der Waals surface area contributed by atoms with Gasteiger partial charge in [-0.25, -0.2) is 0 Å². The molecule has 2 rings (SSSR count). The molecule has 1 amide bonds. The molecule has 68 valence electrons. The van der Waals surface area contributed by atoms with Crippen LogP contribution in [0.2, 0.25) is 0 Å². The van der Waals surface area contributed by atoms with Crippen LogP contribution in [0.3, 0.4) is 0 Å². The van der Waals surface area contributed by atoms with Gasteiger partial charge in [-0.1, -0.05) is 6.92 Å². The van der Waals surface area contributed by atoms with Gasteiger partial charge in [-0.05, 0) is 18.8 Å². The summed E-state index contributed by atoms with van der Waals surface area (Å²) in [6, 6.07) is 0.564. The Balaban J connectivity index is 1.89. The lowest BCUT2D eigenvalue weighted by Crippen LogP contribution is -2.55. The molecule has 0 atom stereocenters. The summed E-state index contributed by atoms with van der Waals surface area (Å²) in [6.07, 6.45) is 2.43.